The molecule has 7 heteroatoms. The van der Waals surface area contributed by atoms with Crippen LogP contribution in [-0.4, -0.2) is 32.8 Å². The Bertz CT molecular complexity index is 817. The summed E-state index contributed by atoms with van der Waals surface area (Å²) in [4.78, 5) is 11.8. The summed E-state index contributed by atoms with van der Waals surface area (Å²) in [7, 11) is 0. The zero-order valence-corrected chi connectivity index (χ0v) is 13.1. The molecule has 0 spiro atoms. The molecule has 0 fully saturated rings. The number of ether oxygens (including phenoxy) is 2. The van der Waals surface area contributed by atoms with E-state index in [4.69, 9.17) is 9.47 Å². The number of aromatic nitrogens is 4. The topological polar surface area (TPSA) is 79.1 Å². The molecule has 0 saturated carbocycles. The van der Waals surface area contributed by atoms with Gasteiger partial charge in [0.2, 0.25) is 0 Å². The molecular weight excluding hydrogens is 308 g/mol. The maximum atomic E-state index is 11.8. The van der Waals surface area contributed by atoms with Crippen molar-refractivity contribution in [2.75, 3.05) is 6.61 Å². The number of hydrogen-bond donors (Lipinski definition) is 0. The minimum Gasteiger partial charge on any atom is -0.482 e. The largest absolute Gasteiger partial charge is 0.482 e. The zero-order valence-electron chi connectivity index (χ0n) is 13.1. The van der Waals surface area contributed by atoms with Crippen molar-refractivity contribution in [3.63, 3.8) is 0 Å². The Labute approximate surface area is 138 Å². The van der Waals surface area contributed by atoms with Crippen LogP contribution in [0.2, 0.25) is 0 Å². The first kappa shape index (κ1) is 15.7. The number of hydrogen-bond acceptors (Lipinski definition) is 6. The average Bonchev–Trinajstić information content (AvgIpc) is 3.08. The van der Waals surface area contributed by atoms with E-state index < -0.39 is 5.97 Å². The van der Waals surface area contributed by atoms with E-state index in [2.05, 4.69) is 15.5 Å². The summed E-state index contributed by atoms with van der Waals surface area (Å²) in [5.74, 6) is 0.606. The van der Waals surface area contributed by atoms with Gasteiger partial charge in [0.05, 0.1) is 5.69 Å². The molecular formula is C17H16N4O3. The molecule has 0 aliphatic rings. The molecule has 122 valence electrons. The summed E-state index contributed by atoms with van der Waals surface area (Å²) in [5, 5.41) is 11.4. The van der Waals surface area contributed by atoms with E-state index in [1.807, 2.05) is 55.5 Å². The fraction of sp³-hybridized carbons (Fsp3) is 0.176. The first-order valence-electron chi connectivity index (χ1n) is 7.41. The van der Waals surface area contributed by atoms with Crippen LogP contribution in [0.25, 0.3) is 5.69 Å². The number of nitrogens with zero attached hydrogens (tertiary/aromatic N) is 4. The Kier molecular flexibility index (Phi) is 4.81. The molecule has 3 aromatic rings. The summed E-state index contributed by atoms with van der Waals surface area (Å²) in [6, 6.07) is 16.9. The first-order valence-corrected chi connectivity index (χ1v) is 7.41. The average molecular weight is 324 g/mol. The first-order chi connectivity index (χ1) is 11.7. The number of tetrazole rings is 1. The van der Waals surface area contributed by atoms with E-state index in [1.165, 1.54) is 4.68 Å². The van der Waals surface area contributed by atoms with Gasteiger partial charge in [-0.15, -0.1) is 5.10 Å². The van der Waals surface area contributed by atoms with Gasteiger partial charge in [0, 0.05) is 0 Å². The van der Waals surface area contributed by atoms with E-state index in [0.29, 0.717) is 11.6 Å². The fourth-order valence-corrected chi connectivity index (χ4v) is 2.11. The molecule has 0 radical (unpaired) electrons. The van der Waals surface area contributed by atoms with Crippen molar-refractivity contribution in [3.05, 3.63) is 66.0 Å². The fourth-order valence-electron chi connectivity index (χ4n) is 2.11. The highest BCUT2D eigenvalue weighted by Crippen LogP contribution is 2.16. The van der Waals surface area contributed by atoms with Crippen LogP contribution in [0.15, 0.2) is 54.6 Å². The quantitative estimate of drug-likeness (QED) is 0.646. The molecule has 24 heavy (non-hydrogen) atoms. The van der Waals surface area contributed by atoms with Crippen molar-refractivity contribution < 1.29 is 14.3 Å². The van der Waals surface area contributed by atoms with E-state index in [-0.39, 0.29) is 13.2 Å². The molecule has 1 heterocycles. The summed E-state index contributed by atoms with van der Waals surface area (Å²) in [6.45, 7) is 1.71. The highest BCUT2D eigenvalue weighted by atomic mass is 16.6. The van der Waals surface area contributed by atoms with Crippen LogP contribution in [-0.2, 0) is 16.1 Å². The van der Waals surface area contributed by atoms with Gasteiger partial charge in [0.15, 0.2) is 19.0 Å². The molecule has 1 aromatic heterocycles. The minimum atomic E-state index is -0.485. The van der Waals surface area contributed by atoms with Crippen molar-refractivity contribution in [3.8, 4) is 11.4 Å². The molecule has 0 unspecified atom stereocenters. The third kappa shape index (κ3) is 3.75. The summed E-state index contributed by atoms with van der Waals surface area (Å²) in [5.41, 5.74) is 1.75. The van der Waals surface area contributed by atoms with Gasteiger partial charge in [-0.1, -0.05) is 36.4 Å². The third-order valence-electron chi connectivity index (χ3n) is 3.34. The number of benzene rings is 2. The van der Waals surface area contributed by atoms with Gasteiger partial charge >= 0.3 is 5.97 Å². The van der Waals surface area contributed by atoms with Crippen molar-refractivity contribution >= 4 is 5.97 Å². The maximum Gasteiger partial charge on any atom is 0.344 e. The molecule has 0 aliphatic carbocycles. The van der Waals surface area contributed by atoms with Crippen molar-refractivity contribution in [2.24, 2.45) is 0 Å². The van der Waals surface area contributed by atoms with Crippen LogP contribution in [0.3, 0.4) is 0 Å². The predicted molar refractivity (Wildman–Crippen MR) is 85.6 cm³/mol. The monoisotopic (exact) mass is 324 g/mol. The number of esters is 1. The van der Waals surface area contributed by atoms with Gasteiger partial charge in [-0.25, -0.2) is 4.79 Å². The number of carbonyl (C=O) groups is 1. The van der Waals surface area contributed by atoms with E-state index in [9.17, 15) is 4.79 Å². The van der Waals surface area contributed by atoms with E-state index in [1.54, 1.807) is 6.07 Å². The number of carbonyl (C=O) groups excluding carboxylic acids is 1. The van der Waals surface area contributed by atoms with Crippen molar-refractivity contribution in [1.29, 1.82) is 0 Å². The standard InChI is InChI=1S/C17H16N4O3/c1-13-7-5-6-10-15(13)23-12-17(22)24-11-16-18-19-20-21(16)14-8-3-2-4-9-14/h2-10H,11-12H2,1H3. The normalized spacial score (nSPS) is 10.4. The Morgan fingerprint density at radius 3 is 2.62 bits per heavy atom. The molecule has 0 saturated heterocycles. The van der Waals surface area contributed by atoms with Crippen molar-refractivity contribution in [1.82, 2.24) is 20.2 Å². The number of para-hydroxylation sites is 2. The Morgan fingerprint density at radius 1 is 1.08 bits per heavy atom. The van der Waals surface area contributed by atoms with Gasteiger partial charge in [-0.2, -0.15) is 4.68 Å². The van der Waals surface area contributed by atoms with Gasteiger partial charge in [-0.3, -0.25) is 0 Å². The lowest BCUT2D eigenvalue weighted by atomic mass is 10.2. The van der Waals surface area contributed by atoms with Gasteiger partial charge < -0.3 is 9.47 Å². The van der Waals surface area contributed by atoms with Gasteiger partial charge in [0.25, 0.3) is 0 Å². The molecule has 0 bridgehead atoms. The lowest BCUT2D eigenvalue weighted by Crippen LogP contribution is -2.16. The van der Waals surface area contributed by atoms with E-state index in [0.717, 1.165) is 11.3 Å². The molecule has 0 N–H and O–H groups in total. The predicted octanol–water partition coefficient (Wildman–Crippen LogP) is 2.09. The van der Waals surface area contributed by atoms with Crippen molar-refractivity contribution in [2.45, 2.75) is 13.5 Å². The Balaban J connectivity index is 1.56. The second-order valence-electron chi connectivity index (χ2n) is 5.06. The van der Waals surface area contributed by atoms with Crippen LogP contribution in [0, 0.1) is 6.92 Å². The molecule has 0 aliphatic heterocycles. The van der Waals surface area contributed by atoms with Crippen LogP contribution in [0.4, 0.5) is 0 Å². The summed E-state index contributed by atoms with van der Waals surface area (Å²) >= 11 is 0. The van der Waals surface area contributed by atoms with Crippen LogP contribution in [0.5, 0.6) is 5.75 Å². The summed E-state index contributed by atoms with van der Waals surface area (Å²) in [6.07, 6.45) is 0. The second kappa shape index (κ2) is 7.36. The lowest BCUT2D eigenvalue weighted by Gasteiger charge is -2.09. The third-order valence-corrected chi connectivity index (χ3v) is 3.34. The van der Waals surface area contributed by atoms with Gasteiger partial charge in [0.1, 0.15) is 5.75 Å². The highest BCUT2D eigenvalue weighted by Gasteiger charge is 2.12. The smallest absolute Gasteiger partial charge is 0.344 e. The second-order valence-corrected chi connectivity index (χ2v) is 5.06. The maximum absolute atomic E-state index is 11.8. The SMILES string of the molecule is Cc1ccccc1OCC(=O)OCc1nnnn1-c1ccccc1. The molecule has 2 aromatic carbocycles. The molecule has 0 atom stereocenters. The minimum absolute atomic E-state index is 0.0299. The highest BCUT2D eigenvalue weighted by molar-refractivity contribution is 5.71. The Morgan fingerprint density at radius 2 is 1.83 bits per heavy atom. The zero-order chi connectivity index (χ0) is 16.8. The lowest BCUT2D eigenvalue weighted by molar-refractivity contribution is -0.147. The molecule has 3 rings (SSSR count). The van der Waals surface area contributed by atoms with Crippen LogP contribution < -0.4 is 4.74 Å². The van der Waals surface area contributed by atoms with Crippen LogP contribution >= 0.6 is 0 Å². The van der Waals surface area contributed by atoms with E-state index >= 15 is 0 Å². The molecule has 7 nitrogen and oxygen atoms in total. The van der Waals surface area contributed by atoms with Gasteiger partial charge in [-0.05, 0) is 41.1 Å². The summed E-state index contributed by atoms with van der Waals surface area (Å²) < 4.78 is 12.2. The van der Waals surface area contributed by atoms with Crippen LogP contribution in [0.1, 0.15) is 11.4 Å². The molecule has 0 amide bonds. The number of aryl methyl sites for hydroxylation is 1. The Hall–Kier alpha value is -3.22. The number of rotatable bonds is 6.